The van der Waals surface area contributed by atoms with E-state index in [4.69, 9.17) is 0 Å². The van der Waals surface area contributed by atoms with Crippen molar-refractivity contribution in [2.75, 3.05) is 46.3 Å². The Bertz CT molecular complexity index is 513. The monoisotopic (exact) mass is 318 g/mol. The Balaban J connectivity index is 1.92. The molecule has 2 amide bonds. The van der Waals surface area contributed by atoms with Crippen LogP contribution in [0.1, 0.15) is 18.5 Å². The molecule has 0 spiro atoms. The lowest BCUT2D eigenvalue weighted by Gasteiger charge is -2.33. The Labute approximate surface area is 137 Å². The predicted octanol–water partition coefficient (Wildman–Crippen LogP) is 0.227. The molecule has 6 heteroatoms. The van der Waals surface area contributed by atoms with Crippen LogP contribution in [0.4, 0.5) is 0 Å². The largest absolute Gasteiger partial charge is 0.357 e. The first-order chi connectivity index (χ1) is 11.1. The average Bonchev–Trinajstić information content (AvgIpc) is 2.60. The number of hydrogen-bond donors (Lipinski definition) is 2. The molecule has 1 unspecified atom stereocenters. The Morgan fingerprint density at radius 3 is 2.26 bits per heavy atom. The third kappa shape index (κ3) is 5.04. The fraction of sp³-hybridized carbons (Fsp3) is 0.529. The van der Waals surface area contributed by atoms with Crippen LogP contribution >= 0.6 is 0 Å². The molecule has 0 bridgehead atoms. The van der Waals surface area contributed by atoms with Crippen molar-refractivity contribution in [2.24, 2.45) is 0 Å². The molecule has 1 aromatic rings. The summed E-state index contributed by atoms with van der Waals surface area (Å²) in [5.41, 5.74) is 0.788. The van der Waals surface area contributed by atoms with Gasteiger partial charge in [-0.05, 0) is 12.1 Å². The molecule has 1 saturated heterocycles. The minimum atomic E-state index is -0.648. The Morgan fingerprint density at radius 1 is 1.09 bits per heavy atom. The molecule has 0 aliphatic carbocycles. The van der Waals surface area contributed by atoms with Crippen LogP contribution in [0.2, 0.25) is 0 Å². The maximum Gasteiger partial charge on any atom is 0.246 e. The second-order valence-corrected chi connectivity index (χ2v) is 5.74. The van der Waals surface area contributed by atoms with Gasteiger partial charge in [0, 0.05) is 33.2 Å². The van der Waals surface area contributed by atoms with Crippen molar-refractivity contribution in [3.8, 4) is 0 Å². The standard InChI is InChI=1S/C17H26N4O2/c1-3-20-9-11-21(12-10-20)13-15(22)19-16(17(23)18-2)14-7-5-4-6-8-14/h4-8,16H,3,9-13H2,1-2H3,(H,18,23)(H,19,22). The second-order valence-electron chi connectivity index (χ2n) is 5.74. The summed E-state index contributed by atoms with van der Waals surface area (Å²) in [6, 6.07) is 8.66. The van der Waals surface area contributed by atoms with E-state index in [0.29, 0.717) is 6.54 Å². The lowest BCUT2D eigenvalue weighted by molar-refractivity contribution is -0.129. The first-order valence-corrected chi connectivity index (χ1v) is 8.14. The van der Waals surface area contributed by atoms with Crippen molar-refractivity contribution in [3.05, 3.63) is 35.9 Å². The summed E-state index contributed by atoms with van der Waals surface area (Å²) in [6.45, 7) is 7.28. The lowest BCUT2D eigenvalue weighted by atomic mass is 10.1. The van der Waals surface area contributed by atoms with E-state index in [2.05, 4.69) is 27.4 Å². The van der Waals surface area contributed by atoms with Crippen LogP contribution in [-0.4, -0.2) is 67.9 Å². The third-order valence-corrected chi connectivity index (χ3v) is 4.23. The summed E-state index contributed by atoms with van der Waals surface area (Å²) in [5, 5.41) is 5.46. The number of piperazine rings is 1. The number of likely N-dealkylation sites (N-methyl/N-ethyl adjacent to an activating group) is 2. The normalized spacial score (nSPS) is 17.5. The molecular weight excluding hydrogens is 292 g/mol. The summed E-state index contributed by atoms with van der Waals surface area (Å²) in [7, 11) is 1.58. The van der Waals surface area contributed by atoms with E-state index < -0.39 is 6.04 Å². The van der Waals surface area contributed by atoms with Crippen molar-refractivity contribution in [1.82, 2.24) is 20.4 Å². The molecule has 1 aliphatic heterocycles. The van der Waals surface area contributed by atoms with E-state index >= 15 is 0 Å². The van der Waals surface area contributed by atoms with Gasteiger partial charge in [0.2, 0.25) is 11.8 Å². The Kier molecular flexibility index (Phi) is 6.55. The van der Waals surface area contributed by atoms with Crippen LogP contribution in [0, 0.1) is 0 Å². The number of nitrogens with one attached hydrogen (secondary N) is 2. The molecule has 2 N–H and O–H groups in total. The molecule has 1 heterocycles. The lowest BCUT2D eigenvalue weighted by Crippen LogP contribution is -2.50. The van der Waals surface area contributed by atoms with Crippen molar-refractivity contribution in [1.29, 1.82) is 0 Å². The highest BCUT2D eigenvalue weighted by Gasteiger charge is 2.23. The molecule has 0 radical (unpaired) electrons. The van der Waals surface area contributed by atoms with Gasteiger partial charge in [0.25, 0.3) is 0 Å². The van der Waals surface area contributed by atoms with Gasteiger partial charge in [0.15, 0.2) is 0 Å². The highest BCUT2D eigenvalue weighted by molar-refractivity contribution is 5.89. The quantitative estimate of drug-likeness (QED) is 0.788. The minimum absolute atomic E-state index is 0.118. The zero-order valence-corrected chi connectivity index (χ0v) is 13.9. The fourth-order valence-corrected chi connectivity index (χ4v) is 2.76. The molecule has 6 nitrogen and oxygen atoms in total. The van der Waals surface area contributed by atoms with E-state index in [1.165, 1.54) is 0 Å². The first-order valence-electron chi connectivity index (χ1n) is 8.14. The first kappa shape index (κ1) is 17.4. The molecule has 126 valence electrons. The molecule has 0 aromatic heterocycles. The highest BCUT2D eigenvalue weighted by Crippen LogP contribution is 2.12. The molecule has 23 heavy (non-hydrogen) atoms. The summed E-state index contributed by atoms with van der Waals surface area (Å²) >= 11 is 0. The smallest absolute Gasteiger partial charge is 0.246 e. The number of benzene rings is 1. The number of carbonyl (C=O) groups is 2. The summed E-state index contributed by atoms with van der Waals surface area (Å²) in [6.07, 6.45) is 0. The van der Waals surface area contributed by atoms with Crippen molar-refractivity contribution < 1.29 is 9.59 Å². The summed E-state index contributed by atoms with van der Waals surface area (Å²) < 4.78 is 0. The number of rotatable bonds is 6. The zero-order chi connectivity index (χ0) is 16.7. The molecule has 1 fully saturated rings. The number of nitrogens with zero attached hydrogens (tertiary/aromatic N) is 2. The van der Waals surface area contributed by atoms with Crippen molar-refractivity contribution in [3.63, 3.8) is 0 Å². The van der Waals surface area contributed by atoms with E-state index in [-0.39, 0.29) is 11.8 Å². The van der Waals surface area contributed by atoms with Gasteiger partial charge in [-0.1, -0.05) is 37.3 Å². The van der Waals surface area contributed by atoms with Crippen molar-refractivity contribution >= 4 is 11.8 Å². The summed E-state index contributed by atoms with van der Waals surface area (Å²) in [5.74, 6) is -0.326. The van der Waals surface area contributed by atoms with E-state index in [9.17, 15) is 9.59 Å². The van der Waals surface area contributed by atoms with Crippen molar-refractivity contribution in [2.45, 2.75) is 13.0 Å². The molecule has 1 aliphatic rings. The molecular formula is C17H26N4O2. The predicted molar refractivity (Wildman–Crippen MR) is 89.9 cm³/mol. The number of hydrogen-bond acceptors (Lipinski definition) is 4. The molecule has 1 atom stereocenters. The Hall–Kier alpha value is -1.92. The fourth-order valence-electron chi connectivity index (χ4n) is 2.76. The number of amides is 2. The number of carbonyl (C=O) groups excluding carboxylic acids is 2. The van der Waals surface area contributed by atoms with Gasteiger partial charge in [0.1, 0.15) is 6.04 Å². The van der Waals surface area contributed by atoms with E-state index in [0.717, 1.165) is 38.3 Å². The van der Waals surface area contributed by atoms with Gasteiger partial charge < -0.3 is 15.5 Å². The maximum atomic E-state index is 12.3. The molecule has 1 aromatic carbocycles. The van der Waals surface area contributed by atoms with E-state index in [1.54, 1.807) is 7.05 Å². The minimum Gasteiger partial charge on any atom is -0.357 e. The van der Waals surface area contributed by atoms with Gasteiger partial charge in [0.05, 0.1) is 6.54 Å². The van der Waals surface area contributed by atoms with Gasteiger partial charge in [-0.2, -0.15) is 0 Å². The topological polar surface area (TPSA) is 64.7 Å². The van der Waals surface area contributed by atoms with Gasteiger partial charge >= 0.3 is 0 Å². The zero-order valence-electron chi connectivity index (χ0n) is 13.9. The van der Waals surface area contributed by atoms with Gasteiger partial charge in [-0.25, -0.2) is 0 Å². The molecule has 2 rings (SSSR count). The van der Waals surface area contributed by atoms with Crippen LogP contribution in [0.5, 0.6) is 0 Å². The van der Waals surface area contributed by atoms with Gasteiger partial charge in [-0.15, -0.1) is 0 Å². The van der Waals surface area contributed by atoms with Crippen LogP contribution in [-0.2, 0) is 9.59 Å². The van der Waals surface area contributed by atoms with Crippen LogP contribution in [0.3, 0.4) is 0 Å². The van der Waals surface area contributed by atoms with E-state index in [1.807, 2.05) is 30.3 Å². The molecule has 0 saturated carbocycles. The SMILES string of the molecule is CCN1CCN(CC(=O)NC(C(=O)NC)c2ccccc2)CC1. The Morgan fingerprint density at radius 2 is 1.70 bits per heavy atom. The maximum absolute atomic E-state index is 12.3. The highest BCUT2D eigenvalue weighted by atomic mass is 16.2. The third-order valence-electron chi connectivity index (χ3n) is 4.23. The van der Waals surface area contributed by atoms with Crippen LogP contribution < -0.4 is 10.6 Å². The van der Waals surface area contributed by atoms with Gasteiger partial charge in [-0.3, -0.25) is 14.5 Å². The average molecular weight is 318 g/mol. The second kappa shape index (κ2) is 8.64. The van der Waals surface area contributed by atoms with Crippen LogP contribution in [0.15, 0.2) is 30.3 Å². The van der Waals surface area contributed by atoms with Crippen LogP contribution in [0.25, 0.3) is 0 Å². The summed E-state index contributed by atoms with van der Waals surface area (Å²) in [4.78, 5) is 28.9.